The van der Waals surface area contributed by atoms with Gasteiger partial charge in [0.1, 0.15) is 5.75 Å². The quantitative estimate of drug-likeness (QED) is 0.167. The Kier molecular flexibility index (Phi) is 10.9. The zero-order valence-corrected chi connectivity index (χ0v) is 37.0. The normalized spacial score (nSPS) is 12.1. The number of aryl methyl sites for hydroxylation is 1. The van der Waals surface area contributed by atoms with E-state index in [2.05, 4.69) is 202 Å². The molecule has 0 fully saturated rings. The van der Waals surface area contributed by atoms with E-state index in [4.69, 9.17) is 9.97 Å². The van der Waals surface area contributed by atoms with Gasteiger partial charge >= 0.3 is 0 Å². The van der Waals surface area contributed by atoms with Crippen LogP contribution in [0.2, 0.25) is 0 Å². The summed E-state index contributed by atoms with van der Waals surface area (Å²) in [6.45, 7) is 19.9. The molecule has 61 heavy (non-hydrogen) atoms. The molecule has 0 aliphatic rings. The van der Waals surface area contributed by atoms with Crippen molar-refractivity contribution in [3.05, 3.63) is 198 Å². The summed E-state index contributed by atoms with van der Waals surface area (Å²) in [4.78, 5) is 10.4. The fourth-order valence-electron chi connectivity index (χ4n) is 8.42. The van der Waals surface area contributed by atoms with Crippen LogP contribution in [0, 0.1) is 6.92 Å². The predicted molar refractivity (Wildman–Crippen MR) is 257 cm³/mol. The molecule has 0 bridgehead atoms. The van der Waals surface area contributed by atoms with E-state index in [0.29, 0.717) is 5.56 Å². The lowest BCUT2D eigenvalue weighted by Gasteiger charge is -2.26. The van der Waals surface area contributed by atoms with Gasteiger partial charge in [-0.25, -0.2) is 4.98 Å². The molecule has 2 aromatic heterocycles. The van der Waals surface area contributed by atoms with Gasteiger partial charge in [0.25, 0.3) is 0 Å². The topological polar surface area (TPSA) is 46.0 Å². The highest BCUT2D eigenvalue weighted by Gasteiger charge is 2.25. The molecule has 6 aromatic carbocycles. The van der Waals surface area contributed by atoms with Crippen molar-refractivity contribution in [2.75, 3.05) is 0 Å². The number of para-hydroxylation sites is 1. The van der Waals surface area contributed by atoms with Gasteiger partial charge in [-0.05, 0) is 122 Å². The minimum atomic E-state index is -0.255. The van der Waals surface area contributed by atoms with Crippen molar-refractivity contribution in [2.45, 2.75) is 78.6 Å². The summed E-state index contributed by atoms with van der Waals surface area (Å²) in [5.74, 6) is 0.264. The van der Waals surface area contributed by atoms with Gasteiger partial charge in [-0.3, -0.25) is 4.98 Å². The van der Waals surface area contributed by atoms with Gasteiger partial charge in [0.2, 0.25) is 0 Å². The van der Waals surface area contributed by atoms with Crippen LogP contribution >= 0.6 is 0 Å². The standard InChI is InChI=1S/C58H56N2O/c1-38-22-26-46(27-23-38)58(8,9)47-28-24-40(25-29-47)42-32-44(52-35-41(30-31-59-52)39-16-11-10-12-17-39)34-45(33-42)53-36-43(48-18-13-14-20-50(48)56(2,3)4)37-54(60-53)49-19-15-21-51(55(49)61)57(5,6)7/h10-37,61H,1-9H3. The molecule has 0 saturated heterocycles. The number of aromatic hydroxyl groups is 1. The number of phenols is 1. The molecular weight excluding hydrogens is 741 g/mol. The number of phenolic OH excluding ortho intramolecular Hbond substituents is 1. The van der Waals surface area contributed by atoms with Crippen molar-refractivity contribution in [3.8, 4) is 72.9 Å². The molecule has 8 aromatic rings. The van der Waals surface area contributed by atoms with Gasteiger partial charge in [0, 0.05) is 28.3 Å². The number of rotatable bonds is 8. The Labute approximate surface area is 362 Å². The molecular formula is C58H56N2O. The molecule has 0 amide bonds. The van der Waals surface area contributed by atoms with E-state index in [1.807, 2.05) is 30.5 Å². The summed E-state index contributed by atoms with van der Waals surface area (Å²) in [5, 5.41) is 11.9. The summed E-state index contributed by atoms with van der Waals surface area (Å²) < 4.78 is 0. The zero-order chi connectivity index (χ0) is 43.1. The number of hydrogen-bond donors (Lipinski definition) is 1. The number of pyridine rings is 2. The largest absolute Gasteiger partial charge is 0.507 e. The van der Waals surface area contributed by atoms with Crippen molar-refractivity contribution in [3.63, 3.8) is 0 Å². The minimum absolute atomic E-state index is 0.100. The van der Waals surface area contributed by atoms with Crippen molar-refractivity contribution in [1.82, 2.24) is 9.97 Å². The summed E-state index contributed by atoms with van der Waals surface area (Å²) >= 11 is 0. The summed E-state index contributed by atoms with van der Waals surface area (Å²) in [6.07, 6.45) is 1.90. The van der Waals surface area contributed by atoms with Gasteiger partial charge in [0.15, 0.2) is 0 Å². The molecule has 0 saturated carbocycles. The molecule has 0 unspecified atom stereocenters. The first-order valence-electron chi connectivity index (χ1n) is 21.4. The fourth-order valence-corrected chi connectivity index (χ4v) is 8.42. The van der Waals surface area contributed by atoms with Crippen molar-refractivity contribution in [2.24, 2.45) is 0 Å². The molecule has 0 spiro atoms. The van der Waals surface area contributed by atoms with Crippen LogP contribution in [0.15, 0.2) is 170 Å². The van der Waals surface area contributed by atoms with E-state index in [-0.39, 0.29) is 22.0 Å². The minimum Gasteiger partial charge on any atom is -0.507 e. The maximum atomic E-state index is 11.9. The van der Waals surface area contributed by atoms with Crippen molar-refractivity contribution in [1.29, 1.82) is 0 Å². The fraction of sp³-hybridized carbons (Fsp3) is 0.207. The third-order valence-corrected chi connectivity index (χ3v) is 12.1. The van der Waals surface area contributed by atoms with Crippen LogP contribution in [0.5, 0.6) is 5.75 Å². The first-order valence-corrected chi connectivity index (χ1v) is 21.4. The molecule has 3 nitrogen and oxygen atoms in total. The van der Waals surface area contributed by atoms with E-state index in [1.54, 1.807) is 0 Å². The first-order chi connectivity index (χ1) is 29.1. The summed E-state index contributed by atoms with van der Waals surface area (Å²) in [7, 11) is 0. The molecule has 0 radical (unpaired) electrons. The molecule has 0 aliphatic carbocycles. The van der Waals surface area contributed by atoms with E-state index in [1.165, 1.54) is 22.3 Å². The van der Waals surface area contributed by atoms with E-state index in [0.717, 1.165) is 67.2 Å². The molecule has 304 valence electrons. The van der Waals surface area contributed by atoms with Crippen LogP contribution in [0.1, 0.15) is 83.2 Å². The van der Waals surface area contributed by atoms with Crippen LogP contribution in [0.3, 0.4) is 0 Å². The average molecular weight is 797 g/mol. The maximum Gasteiger partial charge on any atom is 0.128 e. The smallest absolute Gasteiger partial charge is 0.128 e. The Morgan fingerprint density at radius 2 is 0.918 bits per heavy atom. The van der Waals surface area contributed by atoms with Crippen LogP contribution in [-0.4, -0.2) is 15.1 Å². The second-order valence-electron chi connectivity index (χ2n) is 19.0. The van der Waals surface area contributed by atoms with Crippen molar-refractivity contribution < 1.29 is 5.11 Å². The monoisotopic (exact) mass is 796 g/mol. The molecule has 8 rings (SSSR count). The Morgan fingerprint density at radius 3 is 1.59 bits per heavy atom. The maximum absolute atomic E-state index is 11.9. The van der Waals surface area contributed by atoms with Gasteiger partial charge in [-0.2, -0.15) is 0 Å². The van der Waals surface area contributed by atoms with Gasteiger partial charge in [-0.1, -0.05) is 176 Å². The van der Waals surface area contributed by atoms with Crippen molar-refractivity contribution >= 4 is 0 Å². The second-order valence-corrected chi connectivity index (χ2v) is 19.0. The molecule has 0 atom stereocenters. The number of benzene rings is 6. The highest BCUT2D eigenvalue weighted by atomic mass is 16.3. The number of hydrogen-bond acceptors (Lipinski definition) is 3. The lowest BCUT2D eigenvalue weighted by Crippen LogP contribution is -2.18. The van der Waals surface area contributed by atoms with E-state index < -0.39 is 0 Å². The van der Waals surface area contributed by atoms with E-state index >= 15 is 0 Å². The number of nitrogens with zero attached hydrogens (tertiary/aromatic N) is 2. The third-order valence-electron chi connectivity index (χ3n) is 12.1. The van der Waals surface area contributed by atoms with Gasteiger partial charge in [0.05, 0.1) is 17.1 Å². The molecule has 0 aliphatic heterocycles. The van der Waals surface area contributed by atoms with Gasteiger partial charge in [-0.15, -0.1) is 0 Å². The first kappa shape index (κ1) is 41.2. The Hall–Kier alpha value is -6.58. The molecule has 2 heterocycles. The highest BCUT2D eigenvalue weighted by molar-refractivity contribution is 5.85. The number of aromatic nitrogens is 2. The average Bonchev–Trinajstić information content (AvgIpc) is 3.26. The van der Waals surface area contributed by atoms with Gasteiger partial charge < -0.3 is 5.11 Å². The predicted octanol–water partition coefficient (Wildman–Crippen LogP) is 15.4. The van der Waals surface area contributed by atoms with E-state index in [9.17, 15) is 5.11 Å². The summed E-state index contributed by atoms with van der Waals surface area (Å²) in [6, 6.07) is 58.3. The SMILES string of the molecule is Cc1ccc(C(C)(C)c2ccc(-c3cc(-c4cc(-c5ccccc5)ccn4)cc(-c4cc(-c5ccccc5C(C)(C)C)cc(-c5cccc(C(C)(C)C)c5O)n4)c3)cc2)cc1. The highest BCUT2D eigenvalue weighted by Crippen LogP contribution is 2.43. The lowest BCUT2D eigenvalue weighted by atomic mass is 9.77. The van der Waals surface area contributed by atoms with Crippen LogP contribution < -0.4 is 0 Å². The Morgan fingerprint density at radius 1 is 0.393 bits per heavy atom. The zero-order valence-electron chi connectivity index (χ0n) is 37.0. The second kappa shape index (κ2) is 16.1. The third kappa shape index (κ3) is 8.56. The summed E-state index contributed by atoms with van der Waals surface area (Å²) in [5.41, 5.74) is 17.1. The molecule has 1 N–H and O–H groups in total. The Bertz CT molecular complexity index is 2840. The Balaban J connectivity index is 1.35. The van der Waals surface area contributed by atoms with Crippen LogP contribution in [-0.2, 0) is 16.2 Å². The lowest BCUT2D eigenvalue weighted by molar-refractivity contribution is 0.448. The van der Waals surface area contributed by atoms with Crippen LogP contribution in [0.4, 0.5) is 0 Å². The molecule has 3 heteroatoms. The van der Waals surface area contributed by atoms with Crippen LogP contribution in [0.25, 0.3) is 67.2 Å².